The molecule has 2 N–H and O–H groups in total. The normalized spacial score (nSPS) is 21.6. The van der Waals surface area contributed by atoms with Crippen molar-refractivity contribution >= 4 is 11.8 Å². The van der Waals surface area contributed by atoms with Crippen LogP contribution in [0.4, 0.5) is 0 Å². The Bertz CT molecular complexity index is 355. The van der Waals surface area contributed by atoms with Gasteiger partial charge in [-0.15, -0.1) is 0 Å². The Balaban J connectivity index is 1.79. The van der Waals surface area contributed by atoms with Crippen molar-refractivity contribution in [3.05, 3.63) is 0 Å². The van der Waals surface area contributed by atoms with Gasteiger partial charge in [0.2, 0.25) is 11.8 Å². The molecule has 4 nitrogen and oxygen atoms in total. The minimum atomic E-state index is -0.742. The van der Waals surface area contributed by atoms with Crippen LogP contribution in [0.2, 0.25) is 0 Å². The first kappa shape index (κ1) is 15.3. The molecule has 2 rings (SSSR count). The Labute approximate surface area is 122 Å². The van der Waals surface area contributed by atoms with Gasteiger partial charge < -0.3 is 10.6 Å². The zero-order valence-electron chi connectivity index (χ0n) is 12.8. The average molecular weight is 280 g/mol. The molecule has 4 heteroatoms. The third-order valence-electron chi connectivity index (χ3n) is 4.57. The molecule has 2 fully saturated rings. The Kier molecular flexibility index (Phi) is 5.06. The first-order valence-corrected chi connectivity index (χ1v) is 8.14. The molecule has 0 spiro atoms. The van der Waals surface area contributed by atoms with Crippen molar-refractivity contribution in [2.75, 3.05) is 6.54 Å². The molecule has 0 aromatic heterocycles. The van der Waals surface area contributed by atoms with Crippen molar-refractivity contribution in [3.63, 3.8) is 0 Å². The molecule has 2 aliphatic carbocycles. The molecule has 0 unspecified atom stereocenters. The lowest BCUT2D eigenvalue weighted by molar-refractivity contribution is -0.137. The summed E-state index contributed by atoms with van der Waals surface area (Å²) in [5.74, 6) is 0.472. The summed E-state index contributed by atoms with van der Waals surface area (Å²) in [7, 11) is 0. The standard InChI is InChI=1S/C16H28N2O2/c1-12(2)8-11-17-14(19)16(9-10-16)15(20)18-13-6-4-3-5-7-13/h12-13H,3-11H2,1-2H3,(H,17,19)(H,18,20). The van der Waals surface area contributed by atoms with Crippen molar-refractivity contribution in [2.24, 2.45) is 11.3 Å². The molecular weight excluding hydrogens is 252 g/mol. The van der Waals surface area contributed by atoms with Crippen LogP contribution >= 0.6 is 0 Å². The van der Waals surface area contributed by atoms with Crippen molar-refractivity contribution in [1.82, 2.24) is 10.6 Å². The van der Waals surface area contributed by atoms with Gasteiger partial charge in [0.1, 0.15) is 5.41 Å². The molecule has 2 amide bonds. The van der Waals surface area contributed by atoms with E-state index in [2.05, 4.69) is 24.5 Å². The third-order valence-corrected chi connectivity index (χ3v) is 4.57. The number of nitrogens with one attached hydrogen (secondary N) is 2. The van der Waals surface area contributed by atoms with E-state index in [0.717, 1.165) is 19.3 Å². The second kappa shape index (κ2) is 6.59. The molecule has 0 bridgehead atoms. The molecule has 0 atom stereocenters. The Morgan fingerprint density at radius 1 is 1.10 bits per heavy atom. The number of hydrogen-bond donors (Lipinski definition) is 2. The highest BCUT2D eigenvalue weighted by atomic mass is 16.2. The lowest BCUT2D eigenvalue weighted by atomic mass is 9.94. The van der Waals surface area contributed by atoms with Crippen LogP contribution in [0.15, 0.2) is 0 Å². The summed E-state index contributed by atoms with van der Waals surface area (Å²) >= 11 is 0. The molecule has 0 aliphatic heterocycles. The van der Waals surface area contributed by atoms with E-state index in [4.69, 9.17) is 0 Å². The van der Waals surface area contributed by atoms with Gasteiger partial charge >= 0.3 is 0 Å². The number of rotatable bonds is 6. The van der Waals surface area contributed by atoms with Gasteiger partial charge in [-0.05, 0) is 38.0 Å². The van der Waals surface area contributed by atoms with E-state index < -0.39 is 5.41 Å². The minimum Gasteiger partial charge on any atom is -0.355 e. The number of amides is 2. The zero-order valence-corrected chi connectivity index (χ0v) is 12.8. The molecule has 0 aromatic rings. The van der Waals surface area contributed by atoms with Crippen molar-refractivity contribution in [1.29, 1.82) is 0 Å². The smallest absolute Gasteiger partial charge is 0.235 e. The molecular formula is C16H28N2O2. The highest BCUT2D eigenvalue weighted by Gasteiger charge is 2.56. The maximum atomic E-state index is 12.4. The molecule has 114 valence electrons. The molecule has 2 aliphatic rings. The quantitative estimate of drug-likeness (QED) is 0.734. The van der Waals surface area contributed by atoms with E-state index in [1.807, 2.05) is 0 Å². The third kappa shape index (κ3) is 3.74. The van der Waals surface area contributed by atoms with Crippen molar-refractivity contribution in [2.45, 2.75) is 71.3 Å². The number of carbonyl (C=O) groups is 2. The molecule has 20 heavy (non-hydrogen) atoms. The monoisotopic (exact) mass is 280 g/mol. The lowest BCUT2D eigenvalue weighted by Crippen LogP contribution is -2.47. The molecule has 0 radical (unpaired) electrons. The van der Waals surface area contributed by atoms with Crippen LogP contribution in [0.25, 0.3) is 0 Å². The van der Waals surface area contributed by atoms with Gasteiger partial charge in [-0.3, -0.25) is 9.59 Å². The van der Waals surface area contributed by atoms with Crippen LogP contribution in [0.5, 0.6) is 0 Å². The Morgan fingerprint density at radius 2 is 1.75 bits per heavy atom. The second-order valence-corrected chi connectivity index (χ2v) is 6.83. The van der Waals surface area contributed by atoms with Gasteiger partial charge in [0.05, 0.1) is 0 Å². The number of carbonyl (C=O) groups excluding carboxylic acids is 2. The van der Waals surface area contributed by atoms with E-state index in [9.17, 15) is 9.59 Å². The summed E-state index contributed by atoms with van der Waals surface area (Å²) < 4.78 is 0. The van der Waals surface area contributed by atoms with Gasteiger partial charge in [0.25, 0.3) is 0 Å². The van der Waals surface area contributed by atoms with Crippen molar-refractivity contribution in [3.8, 4) is 0 Å². The Morgan fingerprint density at radius 3 is 2.30 bits per heavy atom. The molecule has 2 saturated carbocycles. The van der Waals surface area contributed by atoms with Crippen molar-refractivity contribution < 1.29 is 9.59 Å². The molecule has 0 heterocycles. The Hall–Kier alpha value is -1.06. The minimum absolute atomic E-state index is 0.0357. The SMILES string of the molecule is CC(C)CCNC(=O)C1(C(=O)NC2CCCCC2)CC1. The topological polar surface area (TPSA) is 58.2 Å². The lowest BCUT2D eigenvalue weighted by Gasteiger charge is -2.25. The first-order valence-electron chi connectivity index (χ1n) is 8.14. The van der Waals surface area contributed by atoms with Crippen LogP contribution in [0.3, 0.4) is 0 Å². The highest BCUT2D eigenvalue weighted by molar-refractivity contribution is 6.07. The molecule has 0 saturated heterocycles. The predicted octanol–water partition coefficient (Wildman–Crippen LogP) is 2.38. The van der Waals surface area contributed by atoms with Crippen LogP contribution in [-0.2, 0) is 9.59 Å². The summed E-state index contributed by atoms with van der Waals surface area (Å²) in [4.78, 5) is 24.6. The highest BCUT2D eigenvalue weighted by Crippen LogP contribution is 2.46. The van der Waals surface area contributed by atoms with E-state index in [1.165, 1.54) is 19.3 Å². The van der Waals surface area contributed by atoms with Gasteiger partial charge in [0, 0.05) is 12.6 Å². The van der Waals surface area contributed by atoms with Crippen LogP contribution < -0.4 is 10.6 Å². The van der Waals surface area contributed by atoms with Gasteiger partial charge in [0.15, 0.2) is 0 Å². The van der Waals surface area contributed by atoms with E-state index in [0.29, 0.717) is 25.3 Å². The summed E-state index contributed by atoms with van der Waals surface area (Å²) in [6.07, 6.45) is 8.17. The fraction of sp³-hybridized carbons (Fsp3) is 0.875. The predicted molar refractivity (Wildman–Crippen MR) is 79.1 cm³/mol. The van der Waals surface area contributed by atoms with Gasteiger partial charge in [-0.2, -0.15) is 0 Å². The van der Waals surface area contributed by atoms with Gasteiger partial charge in [-0.25, -0.2) is 0 Å². The van der Waals surface area contributed by atoms with E-state index >= 15 is 0 Å². The summed E-state index contributed by atoms with van der Waals surface area (Å²) in [5, 5.41) is 6.04. The summed E-state index contributed by atoms with van der Waals surface area (Å²) in [6, 6.07) is 0.289. The maximum absolute atomic E-state index is 12.4. The summed E-state index contributed by atoms with van der Waals surface area (Å²) in [5.41, 5.74) is -0.742. The van der Waals surface area contributed by atoms with E-state index in [-0.39, 0.29) is 17.9 Å². The molecule has 0 aromatic carbocycles. The zero-order chi connectivity index (χ0) is 14.6. The number of hydrogen-bond acceptors (Lipinski definition) is 2. The van der Waals surface area contributed by atoms with Crippen LogP contribution in [-0.4, -0.2) is 24.4 Å². The fourth-order valence-corrected chi connectivity index (χ4v) is 2.90. The second-order valence-electron chi connectivity index (χ2n) is 6.83. The first-order chi connectivity index (χ1) is 9.54. The maximum Gasteiger partial charge on any atom is 0.235 e. The largest absolute Gasteiger partial charge is 0.355 e. The fourth-order valence-electron chi connectivity index (χ4n) is 2.90. The van der Waals surface area contributed by atoms with E-state index in [1.54, 1.807) is 0 Å². The summed E-state index contributed by atoms with van der Waals surface area (Å²) in [6.45, 7) is 4.94. The van der Waals surface area contributed by atoms with Crippen LogP contribution in [0.1, 0.15) is 65.2 Å². The van der Waals surface area contributed by atoms with Crippen LogP contribution in [0, 0.1) is 11.3 Å². The average Bonchev–Trinajstić information content (AvgIpc) is 3.21. The van der Waals surface area contributed by atoms with Gasteiger partial charge in [-0.1, -0.05) is 33.1 Å².